The SMILES string of the molecule is Cc1ccsc1CNc1cccc(N2CCCC2)c1. The van der Waals surface area contributed by atoms with Gasteiger partial charge in [-0.05, 0) is 55.0 Å². The van der Waals surface area contributed by atoms with E-state index in [4.69, 9.17) is 0 Å². The molecule has 2 nitrogen and oxygen atoms in total. The third-order valence-electron chi connectivity index (χ3n) is 3.74. The van der Waals surface area contributed by atoms with Crippen molar-refractivity contribution in [1.29, 1.82) is 0 Å². The van der Waals surface area contributed by atoms with Crippen molar-refractivity contribution in [2.24, 2.45) is 0 Å². The van der Waals surface area contributed by atoms with Crippen molar-refractivity contribution < 1.29 is 0 Å². The van der Waals surface area contributed by atoms with Crippen LogP contribution < -0.4 is 10.2 Å². The summed E-state index contributed by atoms with van der Waals surface area (Å²) in [5.74, 6) is 0. The molecular weight excluding hydrogens is 252 g/mol. The van der Waals surface area contributed by atoms with E-state index in [2.05, 4.69) is 52.9 Å². The number of aryl methyl sites for hydroxylation is 1. The van der Waals surface area contributed by atoms with Crippen molar-refractivity contribution in [3.05, 3.63) is 46.2 Å². The van der Waals surface area contributed by atoms with Gasteiger partial charge in [-0.1, -0.05) is 6.07 Å². The topological polar surface area (TPSA) is 15.3 Å². The highest BCUT2D eigenvalue weighted by Crippen LogP contribution is 2.24. The maximum atomic E-state index is 3.54. The van der Waals surface area contributed by atoms with Crippen molar-refractivity contribution >= 4 is 22.7 Å². The maximum absolute atomic E-state index is 3.54. The average molecular weight is 272 g/mol. The number of nitrogens with one attached hydrogen (secondary N) is 1. The van der Waals surface area contributed by atoms with Crippen LogP contribution in [0.4, 0.5) is 11.4 Å². The maximum Gasteiger partial charge on any atom is 0.0496 e. The third-order valence-corrected chi connectivity index (χ3v) is 4.76. The minimum atomic E-state index is 0.924. The first kappa shape index (κ1) is 12.5. The molecule has 2 aromatic rings. The fourth-order valence-corrected chi connectivity index (χ4v) is 3.40. The normalized spacial score (nSPS) is 14.9. The van der Waals surface area contributed by atoms with E-state index in [1.807, 2.05) is 11.3 Å². The molecule has 1 aromatic carbocycles. The lowest BCUT2D eigenvalue weighted by atomic mass is 10.2. The Morgan fingerprint density at radius 2 is 2.05 bits per heavy atom. The molecule has 0 unspecified atom stereocenters. The fraction of sp³-hybridized carbons (Fsp3) is 0.375. The first-order chi connectivity index (χ1) is 9.33. The summed E-state index contributed by atoms with van der Waals surface area (Å²) in [5, 5.41) is 5.70. The van der Waals surface area contributed by atoms with Crippen LogP contribution in [0.25, 0.3) is 0 Å². The van der Waals surface area contributed by atoms with Crippen LogP contribution in [0.3, 0.4) is 0 Å². The summed E-state index contributed by atoms with van der Waals surface area (Å²) in [4.78, 5) is 3.90. The van der Waals surface area contributed by atoms with Gasteiger partial charge in [0.25, 0.3) is 0 Å². The van der Waals surface area contributed by atoms with E-state index in [9.17, 15) is 0 Å². The lowest BCUT2D eigenvalue weighted by molar-refractivity contribution is 0.949. The van der Waals surface area contributed by atoms with Crippen LogP contribution >= 0.6 is 11.3 Å². The van der Waals surface area contributed by atoms with Crippen molar-refractivity contribution in [1.82, 2.24) is 0 Å². The van der Waals surface area contributed by atoms with Gasteiger partial charge < -0.3 is 10.2 Å². The molecule has 100 valence electrons. The van der Waals surface area contributed by atoms with Crippen molar-refractivity contribution in [3.8, 4) is 0 Å². The first-order valence-electron chi connectivity index (χ1n) is 6.95. The Kier molecular flexibility index (Phi) is 3.74. The zero-order chi connectivity index (χ0) is 13.1. The fourth-order valence-electron chi connectivity index (χ4n) is 2.56. The van der Waals surface area contributed by atoms with E-state index < -0.39 is 0 Å². The van der Waals surface area contributed by atoms with Crippen LogP contribution in [-0.2, 0) is 6.54 Å². The molecule has 1 saturated heterocycles. The smallest absolute Gasteiger partial charge is 0.0496 e. The molecule has 19 heavy (non-hydrogen) atoms. The van der Waals surface area contributed by atoms with Crippen LogP contribution in [0, 0.1) is 6.92 Å². The van der Waals surface area contributed by atoms with Crippen LogP contribution in [0.15, 0.2) is 35.7 Å². The number of hydrogen-bond acceptors (Lipinski definition) is 3. The van der Waals surface area contributed by atoms with Gasteiger partial charge in [0.15, 0.2) is 0 Å². The Labute approximate surface area is 119 Å². The number of benzene rings is 1. The average Bonchev–Trinajstić information content (AvgIpc) is 3.08. The van der Waals surface area contributed by atoms with E-state index in [0.717, 1.165) is 6.54 Å². The van der Waals surface area contributed by atoms with Gasteiger partial charge in [0, 0.05) is 35.9 Å². The molecule has 0 atom stereocenters. The number of anilines is 2. The minimum absolute atomic E-state index is 0.924. The van der Waals surface area contributed by atoms with Gasteiger partial charge in [-0.2, -0.15) is 0 Å². The minimum Gasteiger partial charge on any atom is -0.380 e. The zero-order valence-corrected chi connectivity index (χ0v) is 12.2. The Hall–Kier alpha value is -1.48. The van der Waals surface area contributed by atoms with Gasteiger partial charge >= 0.3 is 0 Å². The predicted molar refractivity (Wildman–Crippen MR) is 84.3 cm³/mol. The van der Waals surface area contributed by atoms with Gasteiger partial charge in [0.1, 0.15) is 0 Å². The van der Waals surface area contributed by atoms with Gasteiger partial charge in [0.05, 0.1) is 0 Å². The molecule has 2 heterocycles. The van der Waals surface area contributed by atoms with Crippen molar-refractivity contribution in [2.75, 3.05) is 23.3 Å². The highest BCUT2D eigenvalue weighted by molar-refractivity contribution is 7.10. The molecule has 3 rings (SSSR count). The summed E-state index contributed by atoms with van der Waals surface area (Å²) >= 11 is 1.83. The Balaban J connectivity index is 1.67. The molecule has 3 heteroatoms. The van der Waals surface area contributed by atoms with Crippen LogP contribution in [0.5, 0.6) is 0 Å². The summed E-state index contributed by atoms with van der Waals surface area (Å²) in [6, 6.07) is 11.0. The Morgan fingerprint density at radius 3 is 2.79 bits per heavy atom. The summed E-state index contributed by atoms with van der Waals surface area (Å²) in [6.45, 7) is 5.50. The quantitative estimate of drug-likeness (QED) is 0.894. The van der Waals surface area contributed by atoms with Crippen LogP contribution in [-0.4, -0.2) is 13.1 Å². The molecule has 0 bridgehead atoms. The van der Waals surface area contributed by atoms with Crippen molar-refractivity contribution in [2.45, 2.75) is 26.3 Å². The molecule has 0 aliphatic carbocycles. The molecule has 1 aromatic heterocycles. The molecule has 0 saturated carbocycles. The zero-order valence-electron chi connectivity index (χ0n) is 11.4. The molecule has 0 radical (unpaired) electrons. The molecule has 1 aliphatic rings. The van der Waals surface area contributed by atoms with Crippen LogP contribution in [0.2, 0.25) is 0 Å². The van der Waals surface area contributed by atoms with E-state index in [1.54, 1.807) is 0 Å². The number of nitrogens with zero attached hydrogens (tertiary/aromatic N) is 1. The second-order valence-corrected chi connectivity index (χ2v) is 6.13. The second kappa shape index (κ2) is 5.66. The standard InChI is InChI=1S/C16H20N2S/c1-13-7-10-19-16(13)12-17-14-5-4-6-15(11-14)18-8-2-3-9-18/h4-7,10-11,17H,2-3,8-9,12H2,1H3. The van der Waals surface area contributed by atoms with Crippen LogP contribution in [0.1, 0.15) is 23.3 Å². The number of hydrogen-bond donors (Lipinski definition) is 1. The Bertz CT molecular complexity index is 541. The third kappa shape index (κ3) is 2.92. The van der Waals surface area contributed by atoms with Gasteiger partial charge in [-0.3, -0.25) is 0 Å². The summed E-state index contributed by atoms with van der Waals surface area (Å²) < 4.78 is 0. The van der Waals surface area contributed by atoms with E-state index >= 15 is 0 Å². The Morgan fingerprint density at radius 1 is 1.21 bits per heavy atom. The van der Waals surface area contributed by atoms with Gasteiger partial charge in [-0.25, -0.2) is 0 Å². The number of thiophene rings is 1. The van der Waals surface area contributed by atoms with E-state index in [0.29, 0.717) is 0 Å². The van der Waals surface area contributed by atoms with Gasteiger partial charge in [-0.15, -0.1) is 11.3 Å². The molecular formula is C16H20N2S. The van der Waals surface area contributed by atoms with E-state index in [-0.39, 0.29) is 0 Å². The number of rotatable bonds is 4. The predicted octanol–water partition coefficient (Wildman–Crippen LogP) is 4.27. The molecule has 0 amide bonds. The largest absolute Gasteiger partial charge is 0.380 e. The van der Waals surface area contributed by atoms with Crippen molar-refractivity contribution in [3.63, 3.8) is 0 Å². The molecule has 0 spiro atoms. The van der Waals surface area contributed by atoms with Gasteiger partial charge in [0.2, 0.25) is 0 Å². The highest BCUT2D eigenvalue weighted by atomic mass is 32.1. The summed E-state index contributed by atoms with van der Waals surface area (Å²) in [7, 11) is 0. The lowest BCUT2D eigenvalue weighted by Crippen LogP contribution is -2.17. The molecule has 1 aliphatic heterocycles. The second-order valence-electron chi connectivity index (χ2n) is 5.12. The monoisotopic (exact) mass is 272 g/mol. The molecule has 1 fully saturated rings. The summed E-state index contributed by atoms with van der Waals surface area (Å²) in [6.07, 6.45) is 2.65. The summed E-state index contributed by atoms with van der Waals surface area (Å²) in [5.41, 5.74) is 3.95. The molecule has 1 N–H and O–H groups in total. The highest BCUT2D eigenvalue weighted by Gasteiger charge is 2.12. The van der Waals surface area contributed by atoms with E-state index in [1.165, 1.54) is 47.7 Å². The first-order valence-corrected chi connectivity index (χ1v) is 7.83. The lowest BCUT2D eigenvalue weighted by Gasteiger charge is -2.18.